The number of nitrogens with zero attached hydrogens (tertiary/aromatic N) is 1. The molecule has 5 nitrogen and oxygen atoms in total. The predicted molar refractivity (Wildman–Crippen MR) is 80.0 cm³/mol. The summed E-state index contributed by atoms with van der Waals surface area (Å²) in [4.78, 5) is 4.05. The Morgan fingerprint density at radius 3 is 2.86 bits per heavy atom. The van der Waals surface area contributed by atoms with Crippen LogP contribution in [0.5, 0.6) is 0 Å². The third-order valence-corrected chi connectivity index (χ3v) is 4.99. The third kappa shape index (κ3) is 4.81. The van der Waals surface area contributed by atoms with Gasteiger partial charge in [0, 0.05) is 30.9 Å². The Labute approximate surface area is 125 Å². The van der Waals surface area contributed by atoms with Crippen LogP contribution in [0, 0.1) is 17.8 Å². The minimum atomic E-state index is -3.52. The number of nitrogens with one attached hydrogen (secondary N) is 1. The van der Waals surface area contributed by atoms with Crippen molar-refractivity contribution in [2.45, 2.75) is 37.0 Å². The lowest BCUT2D eigenvalue weighted by Crippen LogP contribution is -2.27. The smallest absolute Gasteiger partial charge is 0.242 e. The highest BCUT2D eigenvalue weighted by atomic mass is 32.2. The first-order chi connectivity index (χ1) is 10.1. The molecule has 1 aliphatic carbocycles. The number of rotatable bonds is 6. The van der Waals surface area contributed by atoms with E-state index < -0.39 is 10.0 Å². The van der Waals surface area contributed by atoms with Gasteiger partial charge in [-0.3, -0.25) is 4.98 Å². The van der Waals surface area contributed by atoms with Gasteiger partial charge < -0.3 is 5.11 Å². The Morgan fingerprint density at radius 2 is 2.19 bits per heavy atom. The summed E-state index contributed by atoms with van der Waals surface area (Å²) in [6, 6.07) is 1.50. The Kier molecular flexibility index (Phi) is 5.74. The zero-order valence-electron chi connectivity index (χ0n) is 11.9. The first-order valence-electron chi connectivity index (χ1n) is 7.16. The summed E-state index contributed by atoms with van der Waals surface area (Å²) in [6.45, 7) is 0.453. The molecule has 0 aromatic carbocycles. The first kappa shape index (κ1) is 16.0. The van der Waals surface area contributed by atoms with Gasteiger partial charge in [0.15, 0.2) is 0 Å². The molecule has 1 heterocycles. The maximum atomic E-state index is 12.2. The third-order valence-electron chi connectivity index (χ3n) is 3.56. The molecule has 0 amide bonds. The monoisotopic (exact) mass is 308 g/mol. The Balaban J connectivity index is 1.98. The van der Waals surface area contributed by atoms with Crippen LogP contribution in [0.25, 0.3) is 0 Å². The van der Waals surface area contributed by atoms with Crippen LogP contribution >= 0.6 is 0 Å². The molecule has 1 aromatic rings. The van der Waals surface area contributed by atoms with E-state index in [1.165, 1.54) is 37.7 Å². The van der Waals surface area contributed by atoms with Crippen molar-refractivity contribution in [3.8, 4) is 11.8 Å². The van der Waals surface area contributed by atoms with Crippen LogP contribution in [0.1, 0.15) is 37.7 Å². The van der Waals surface area contributed by atoms with Crippen molar-refractivity contribution in [3.63, 3.8) is 0 Å². The van der Waals surface area contributed by atoms with E-state index in [0.29, 0.717) is 24.4 Å². The summed E-state index contributed by atoms with van der Waals surface area (Å²) in [7, 11) is -3.52. The summed E-state index contributed by atoms with van der Waals surface area (Å²) in [6.07, 6.45) is 7.76. The highest BCUT2D eigenvalue weighted by Gasteiger charge is 2.19. The Morgan fingerprint density at radius 1 is 1.38 bits per heavy atom. The number of aliphatic hydroxyl groups excluding tert-OH is 1. The number of pyridine rings is 1. The molecular formula is C15H20N2O3S. The molecule has 0 saturated heterocycles. The Hall–Kier alpha value is -1.42. The van der Waals surface area contributed by atoms with Gasteiger partial charge in [-0.1, -0.05) is 31.1 Å². The number of hydrogen-bond donors (Lipinski definition) is 2. The average Bonchev–Trinajstić information content (AvgIpc) is 2.42. The van der Waals surface area contributed by atoms with Crippen molar-refractivity contribution in [1.29, 1.82) is 0 Å². The van der Waals surface area contributed by atoms with E-state index in [4.69, 9.17) is 5.11 Å². The normalized spacial score (nSPS) is 15.1. The minimum absolute atomic E-state index is 0.0128. The molecule has 1 saturated carbocycles. The maximum absolute atomic E-state index is 12.2. The molecule has 0 atom stereocenters. The van der Waals surface area contributed by atoms with Gasteiger partial charge in [0.25, 0.3) is 0 Å². The van der Waals surface area contributed by atoms with Gasteiger partial charge in [-0.25, -0.2) is 13.1 Å². The highest BCUT2D eigenvalue weighted by molar-refractivity contribution is 7.89. The fraction of sp³-hybridized carbons (Fsp3) is 0.533. The topological polar surface area (TPSA) is 79.3 Å². The molecule has 0 aliphatic heterocycles. The average molecular weight is 308 g/mol. The molecular weight excluding hydrogens is 288 g/mol. The van der Waals surface area contributed by atoms with E-state index in [-0.39, 0.29) is 11.5 Å². The molecule has 1 aliphatic rings. The molecule has 0 spiro atoms. The van der Waals surface area contributed by atoms with E-state index in [1.807, 2.05) is 0 Å². The van der Waals surface area contributed by atoms with Crippen LogP contribution in [0.2, 0.25) is 0 Å². The van der Waals surface area contributed by atoms with Crippen LogP contribution in [-0.4, -0.2) is 31.7 Å². The van der Waals surface area contributed by atoms with E-state index in [9.17, 15) is 8.42 Å². The molecule has 0 radical (unpaired) electrons. The van der Waals surface area contributed by atoms with Gasteiger partial charge in [0.2, 0.25) is 10.0 Å². The van der Waals surface area contributed by atoms with Crippen molar-refractivity contribution in [2.75, 3.05) is 13.2 Å². The lowest BCUT2D eigenvalue weighted by Gasteiger charge is -2.25. The quantitative estimate of drug-likeness (QED) is 0.776. The van der Waals surface area contributed by atoms with Crippen LogP contribution in [0.4, 0.5) is 0 Å². The second-order valence-electron chi connectivity index (χ2n) is 5.17. The summed E-state index contributed by atoms with van der Waals surface area (Å²) in [5, 5.41) is 8.67. The number of sulfonamides is 1. The van der Waals surface area contributed by atoms with E-state index in [2.05, 4.69) is 21.5 Å². The largest absolute Gasteiger partial charge is 0.395 e. The second kappa shape index (κ2) is 7.55. The minimum Gasteiger partial charge on any atom is -0.395 e. The van der Waals surface area contributed by atoms with Crippen molar-refractivity contribution in [2.24, 2.45) is 5.92 Å². The molecule has 2 rings (SSSR count). The van der Waals surface area contributed by atoms with Crippen molar-refractivity contribution >= 4 is 10.0 Å². The zero-order chi connectivity index (χ0) is 15.1. The van der Waals surface area contributed by atoms with Gasteiger partial charge >= 0.3 is 0 Å². The van der Waals surface area contributed by atoms with Crippen molar-refractivity contribution in [3.05, 3.63) is 24.0 Å². The summed E-state index contributed by atoms with van der Waals surface area (Å²) >= 11 is 0. The molecule has 0 bridgehead atoms. The fourth-order valence-electron chi connectivity index (χ4n) is 2.12. The van der Waals surface area contributed by atoms with Crippen LogP contribution in [0.3, 0.4) is 0 Å². The first-order valence-corrected chi connectivity index (χ1v) is 8.64. The van der Waals surface area contributed by atoms with Gasteiger partial charge in [-0.05, 0) is 18.4 Å². The van der Waals surface area contributed by atoms with E-state index in [0.717, 1.165) is 6.42 Å². The fourth-order valence-corrected chi connectivity index (χ4v) is 3.15. The van der Waals surface area contributed by atoms with E-state index in [1.54, 1.807) is 0 Å². The highest BCUT2D eigenvalue weighted by Crippen LogP contribution is 2.28. The molecule has 6 heteroatoms. The van der Waals surface area contributed by atoms with Crippen molar-refractivity contribution < 1.29 is 13.5 Å². The summed E-state index contributed by atoms with van der Waals surface area (Å²) in [5.41, 5.74) is 0.533. The predicted octanol–water partition coefficient (Wildman–Crippen LogP) is 1.28. The molecule has 2 N–H and O–H groups in total. The SMILES string of the molecule is O=S(=O)(NCCC1CCC1)c1cncc(C#CCCO)c1. The van der Waals surface area contributed by atoms with Crippen LogP contribution in [-0.2, 0) is 10.0 Å². The molecule has 21 heavy (non-hydrogen) atoms. The summed E-state index contributed by atoms with van der Waals surface area (Å²) in [5.74, 6) is 6.20. The van der Waals surface area contributed by atoms with Crippen molar-refractivity contribution in [1.82, 2.24) is 9.71 Å². The zero-order valence-corrected chi connectivity index (χ0v) is 12.7. The Bertz CT molecular complexity index is 628. The molecule has 1 aromatic heterocycles. The summed E-state index contributed by atoms with van der Waals surface area (Å²) < 4.78 is 26.9. The number of aromatic nitrogens is 1. The number of aliphatic hydroxyl groups is 1. The maximum Gasteiger partial charge on any atom is 0.242 e. The standard InChI is InChI=1S/C15H20N2O3S/c18-9-2-1-4-14-10-15(12-16-11-14)21(19,20)17-8-7-13-5-3-6-13/h10-13,17-18H,2-3,5-9H2. The van der Waals surface area contributed by atoms with E-state index >= 15 is 0 Å². The van der Waals surface area contributed by atoms with Gasteiger partial charge in [-0.2, -0.15) is 0 Å². The lowest BCUT2D eigenvalue weighted by atomic mass is 9.83. The molecule has 0 unspecified atom stereocenters. The van der Waals surface area contributed by atoms with Crippen LogP contribution in [0.15, 0.2) is 23.4 Å². The van der Waals surface area contributed by atoms with Gasteiger partial charge in [0.05, 0.1) is 6.61 Å². The lowest BCUT2D eigenvalue weighted by molar-refractivity contribution is 0.297. The number of hydrogen-bond acceptors (Lipinski definition) is 4. The molecule has 1 fully saturated rings. The second-order valence-corrected chi connectivity index (χ2v) is 6.94. The van der Waals surface area contributed by atoms with Gasteiger partial charge in [-0.15, -0.1) is 0 Å². The van der Waals surface area contributed by atoms with Gasteiger partial charge in [0.1, 0.15) is 4.90 Å². The van der Waals surface area contributed by atoms with Crippen LogP contribution < -0.4 is 4.72 Å². The molecule has 114 valence electrons.